The normalized spacial score (nSPS) is 9.90. The minimum absolute atomic E-state index is 0.142. The lowest BCUT2D eigenvalue weighted by molar-refractivity contribution is 0.201. The van der Waals surface area contributed by atoms with Gasteiger partial charge in [0.05, 0.1) is 5.69 Å². The van der Waals surface area contributed by atoms with Gasteiger partial charge in [0.2, 0.25) is 5.88 Å². The highest BCUT2D eigenvalue weighted by Crippen LogP contribution is 2.26. The molecule has 0 unspecified atom stereocenters. The number of rotatable bonds is 3. The first-order valence-corrected chi connectivity index (χ1v) is 5.85. The number of pyridine rings is 2. The van der Waals surface area contributed by atoms with E-state index in [9.17, 15) is 4.79 Å². The molecule has 20 heavy (non-hydrogen) atoms. The Kier molecular flexibility index (Phi) is 3.99. The largest absolute Gasteiger partial charge is 0.455 e. The third-order valence-corrected chi connectivity index (χ3v) is 2.39. The number of hydrogen-bond acceptors (Lipinski definition) is 6. The number of amides is 1. The number of nitrogens with one attached hydrogen (secondary N) is 1. The molecule has 0 bridgehead atoms. The van der Waals surface area contributed by atoms with Gasteiger partial charge in [-0.3, -0.25) is 0 Å². The van der Waals surface area contributed by atoms with E-state index in [0.29, 0.717) is 23.0 Å². The third-order valence-electron chi connectivity index (χ3n) is 2.39. The topological polar surface area (TPSA) is 99.4 Å². The van der Waals surface area contributed by atoms with Crippen LogP contribution in [0.4, 0.5) is 10.6 Å². The first-order chi connectivity index (χ1) is 9.58. The fourth-order valence-corrected chi connectivity index (χ4v) is 1.46. The van der Waals surface area contributed by atoms with E-state index < -0.39 is 6.09 Å². The molecule has 104 valence electrons. The first-order valence-electron chi connectivity index (χ1n) is 5.85. The number of hydrogen-bond donors (Lipinski definition) is 2. The number of anilines is 1. The molecule has 0 aliphatic carbocycles. The van der Waals surface area contributed by atoms with E-state index in [1.54, 1.807) is 25.1 Å². The lowest BCUT2D eigenvalue weighted by Crippen LogP contribution is -2.22. The number of nitrogens with zero attached hydrogens (tertiary/aromatic N) is 2. The predicted octanol–water partition coefficient (Wildman–Crippen LogP) is 1.88. The highest BCUT2D eigenvalue weighted by atomic mass is 16.6. The summed E-state index contributed by atoms with van der Waals surface area (Å²) in [5.41, 5.74) is 6.24. The van der Waals surface area contributed by atoms with Crippen LogP contribution < -0.4 is 20.5 Å². The molecule has 0 saturated carbocycles. The van der Waals surface area contributed by atoms with Gasteiger partial charge in [0.1, 0.15) is 17.3 Å². The lowest BCUT2D eigenvalue weighted by atomic mass is 10.3. The van der Waals surface area contributed by atoms with Crippen LogP contribution in [0.5, 0.6) is 17.4 Å². The van der Waals surface area contributed by atoms with Crippen LogP contribution in [0.2, 0.25) is 0 Å². The second kappa shape index (κ2) is 5.87. The summed E-state index contributed by atoms with van der Waals surface area (Å²) >= 11 is 0. The summed E-state index contributed by atoms with van der Waals surface area (Å²) in [6.45, 7) is 1.79. The maximum absolute atomic E-state index is 11.1. The van der Waals surface area contributed by atoms with Crippen molar-refractivity contribution < 1.29 is 14.3 Å². The van der Waals surface area contributed by atoms with E-state index in [1.807, 2.05) is 0 Å². The Bertz CT molecular complexity index is 631. The van der Waals surface area contributed by atoms with E-state index in [2.05, 4.69) is 15.3 Å². The molecule has 2 rings (SSSR count). The van der Waals surface area contributed by atoms with Gasteiger partial charge in [0, 0.05) is 19.3 Å². The molecule has 2 aromatic rings. The highest BCUT2D eigenvalue weighted by Gasteiger charge is 2.07. The number of aryl methyl sites for hydroxylation is 1. The summed E-state index contributed by atoms with van der Waals surface area (Å²) in [7, 11) is 1.46. The number of carbonyl (C=O) groups excluding carboxylic acids is 1. The molecule has 0 radical (unpaired) electrons. The van der Waals surface area contributed by atoms with E-state index in [0.717, 1.165) is 0 Å². The summed E-state index contributed by atoms with van der Waals surface area (Å²) in [6, 6.07) is 6.51. The second-order valence-corrected chi connectivity index (χ2v) is 3.89. The maximum atomic E-state index is 11.1. The van der Waals surface area contributed by atoms with Crippen LogP contribution in [-0.4, -0.2) is 23.1 Å². The third kappa shape index (κ3) is 3.35. The molecule has 0 aliphatic heterocycles. The van der Waals surface area contributed by atoms with Crippen molar-refractivity contribution in [2.45, 2.75) is 6.92 Å². The predicted molar refractivity (Wildman–Crippen MR) is 72.8 cm³/mol. The van der Waals surface area contributed by atoms with Crippen molar-refractivity contribution in [1.29, 1.82) is 0 Å². The Morgan fingerprint density at radius 2 is 2.15 bits per heavy atom. The molecule has 0 saturated heterocycles. The van der Waals surface area contributed by atoms with Crippen molar-refractivity contribution in [2.24, 2.45) is 0 Å². The molecule has 0 aromatic carbocycles. The number of nitrogens with two attached hydrogens (primary N) is 1. The van der Waals surface area contributed by atoms with Gasteiger partial charge in [-0.05, 0) is 25.1 Å². The smallest absolute Gasteiger partial charge is 0.413 e. The summed E-state index contributed by atoms with van der Waals surface area (Å²) in [6.07, 6.45) is 0.883. The summed E-state index contributed by atoms with van der Waals surface area (Å²) < 4.78 is 10.6. The van der Waals surface area contributed by atoms with Crippen molar-refractivity contribution in [3.8, 4) is 17.4 Å². The van der Waals surface area contributed by atoms with E-state index in [-0.39, 0.29) is 5.88 Å². The van der Waals surface area contributed by atoms with Crippen molar-refractivity contribution in [3.05, 3.63) is 36.2 Å². The van der Waals surface area contributed by atoms with Gasteiger partial charge < -0.3 is 20.5 Å². The average Bonchev–Trinajstić information content (AvgIpc) is 2.42. The molecule has 3 N–H and O–H groups in total. The lowest BCUT2D eigenvalue weighted by Gasteiger charge is -2.09. The van der Waals surface area contributed by atoms with Gasteiger partial charge in [-0.2, -0.15) is 0 Å². The molecule has 0 fully saturated rings. The number of carbonyl (C=O) groups is 1. The molecule has 0 aliphatic rings. The fraction of sp³-hybridized carbons (Fsp3) is 0.154. The van der Waals surface area contributed by atoms with Crippen molar-refractivity contribution >= 4 is 11.9 Å². The first kappa shape index (κ1) is 13.6. The van der Waals surface area contributed by atoms with Crippen molar-refractivity contribution in [1.82, 2.24) is 15.3 Å². The fourth-order valence-electron chi connectivity index (χ4n) is 1.46. The van der Waals surface area contributed by atoms with Gasteiger partial charge in [0.15, 0.2) is 0 Å². The van der Waals surface area contributed by atoms with E-state index >= 15 is 0 Å². The van der Waals surface area contributed by atoms with Gasteiger partial charge in [0.25, 0.3) is 0 Å². The molecular formula is C13H14N4O3. The standard InChI is InChI=1S/C13H14N4O3/c1-8-10(3-4-11(14)17-8)19-9-5-6-16-12(7-9)20-13(18)15-2/h3-7H,1-2H3,(H2,14,17)(H,15,18). The Morgan fingerprint density at radius 3 is 2.85 bits per heavy atom. The van der Waals surface area contributed by atoms with Gasteiger partial charge in [-0.15, -0.1) is 0 Å². The minimum Gasteiger partial charge on any atom is -0.455 e. The molecule has 7 heteroatoms. The summed E-state index contributed by atoms with van der Waals surface area (Å²) in [5, 5.41) is 2.33. The Labute approximate surface area is 115 Å². The second-order valence-electron chi connectivity index (χ2n) is 3.89. The Hall–Kier alpha value is -2.83. The van der Waals surface area contributed by atoms with Crippen molar-refractivity contribution in [3.63, 3.8) is 0 Å². The van der Waals surface area contributed by atoms with Crippen LogP contribution >= 0.6 is 0 Å². The zero-order valence-electron chi connectivity index (χ0n) is 11.1. The zero-order valence-corrected chi connectivity index (χ0v) is 11.1. The van der Waals surface area contributed by atoms with Crippen LogP contribution in [-0.2, 0) is 0 Å². The van der Waals surface area contributed by atoms with Gasteiger partial charge in [-0.1, -0.05) is 0 Å². The maximum Gasteiger partial charge on any atom is 0.413 e. The molecule has 2 heterocycles. The molecular weight excluding hydrogens is 260 g/mol. The molecule has 7 nitrogen and oxygen atoms in total. The van der Waals surface area contributed by atoms with E-state index in [4.69, 9.17) is 15.2 Å². The Morgan fingerprint density at radius 1 is 1.35 bits per heavy atom. The highest BCUT2D eigenvalue weighted by molar-refractivity contribution is 5.69. The quantitative estimate of drug-likeness (QED) is 0.886. The number of aromatic nitrogens is 2. The monoisotopic (exact) mass is 274 g/mol. The van der Waals surface area contributed by atoms with Crippen LogP contribution in [0.1, 0.15) is 5.69 Å². The SMILES string of the molecule is CNC(=O)Oc1cc(Oc2ccc(N)nc2C)ccn1. The van der Waals surface area contributed by atoms with Gasteiger partial charge >= 0.3 is 6.09 Å². The molecule has 0 atom stereocenters. The van der Waals surface area contributed by atoms with Gasteiger partial charge in [-0.25, -0.2) is 14.8 Å². The number of nitrogen functional groups attached to an aromatic ring is 1. The van der Waals surface area contributed by atoms with Crippen LogP contribution in [0.25, 0.3) is 0 Å². The molecule has 0 spiro atoms. The van der Waals surface area contributed by atoms with E-state index in [1.165, 1.54) is 19.3 Å². The summed E-state index contributed by atoms with van der Waals surface area (Å²) in [4.78, 5) is 19.1. The van der Waals surface area contributed by atoms with Crippen molar-refractivity contribution in [2.75, 3.05) is 12.8 Å². The minimum atomic E-state index is -0.597. The van der Waals surface area contributed by atoms with Crippen LogP contribution in [0, 0.1) is 6.92 Å². The Balaban J connectivity index is 2.17. The van der Waals surface area contributed by atoms with Crippen LogP contribution in [0.3, 0.4) is 0 Å². The number of ether oxygens (including phenoxy) is 2. The molecule has 1 amide bonds. The van der Waals surface area contributed by atoms with Crippen LogP contribution in [0.15, 0.2) is 30.5 Å². The zero-order chi connectivity index (χ0) is 14.5. The molecule has 2 aromatic heterocycles. The summed E-state index contributed by atoms with van der Waals surface area (Å²) in [5.74, 6) is 1.61. The average molecular weight is 274 g/mol.